The maximum absolute atomic E-state index is 12.8. The number of amides is 1. The maximum atomic E-state index is 12.8. The number of likely N-dealkylation sites (tertiary alicyclic amines) is 1. The van der Waals surface area contributed by atoms with E-state index in [1.807, 2.05) is 0 Å². The van der Waals surface area contributed by atoms with Gasteiger partial charge in [0, 0.05) is 30.1 Å². The summed E-state index contributed by atoms with van der Waals surface area (Å²) in [5, 5.41) is 12.3. The second-order valence-electron chi connectivity index (χ2n) is 10.3. The number of nitrogens with zero attached hydrogens (tertiary/aromatic N) is 1. The van der Waals surface area contributed by atoms with Crippen molar-refractivity contribution in [2.75, 3.05) is 26.7 Å². The van der Waals surface area contributed by atoms with Gasteiger partial charge >= 0.3 is 5.97 Å². The van der Waals surface area contributed by atoms with E-state index >= 15 is 0 Å². The van der Waals surface area contributed by atoms with Crippen LogP contribution in [0.4, 0.5) is 0 Å². The van der Waals surface area contributed by atoms with Crippen molar-refractivity contribution in [1.29, 1.82) is 0 Å². The molecule has 5 rings (SSSR count). The lowest BCUT2D eigenvalue weighted by Gasteiger charge is -2.56. The first-order valence-corrected chi connectivity index (χ1v) is 12.4. The molecule has 1 amide bonds. The van der Waals surface area contributed by atoms with E-state index in [9.17, 15) is 14.7 Å². The molecule has 2 bridgehead atoms. The molecular weight excluding hydrogens is 428 g/mol. The highest BCUT2D eigenvalue weighted by Gasteiger charge is 2.51. The van der Waals surface area contributed by atoms with Crippen LogP contribution in [0, 0.1) is 11.8 Å². The third-order valence-corrected chi connectivity index (χ3v) is 8.46. The molecule has 1 saturated heterocycles. The van der Waals surface area contributed by atoms with Crippen molar-refractivity contribution >= 4 is 11.9 Å². The Morgan fingerprint density at radius 2 is 1.97 bits per heavy atom. The molecule has 3 unspecified atom stereocenters. The molecule has 2 N–H and O–H groups in total. The topological polar surface area (TPSA) is 78.9 Å². The van der Waals surface area contributed by atoms with E-state index in [0.717, 1.165) is 37.5 Å². The molecule has 0 radical (unpaired) electrons. The predicted molar refractivity (Wildman–Crippen MR) is 131 cm³/mol. The van der Waals surface area contributed by atoms with Crippen molar-refractivity contribution in [3.8, 4) is 5.75 Å². The van der Waals surface area contributed by atoms with Crippen molar-refractivity contribution in [2.45, 2.75) is 50.5 Å². The molecule has 0 aromatic heterocycles. The quantitative estimate of drug-likeness (QED) is 0.617. The summed E-state index contributed by atoms with van der Waals surface area (Å²) in [4.78, 5) is 26.8. The highest BCUT2D eigenvalue weighted by Crippen LogP contribution is 2.52. The number of benzene rings is 2. The van der Waals surface area contributed by atoms with Gasteiger partial charge in [-0.1, -0.05) is 19.1 Å². The fraction of sp³-hybridized carbons (Fsp3) is 0.500. The van der Waals surface area contributed by atoms with Crippen LogP contribution in [0.15, 0.2) is 42.5 Å². The van der Waals surface area contributed by atoms with Crippen molar-refractivity contribution in [3.05, 3.63) is 64.7 Å². The summed E-state index contributed by atoms with van der Waals surface area (Å²) in [6.07, 6.45) is 5.73. The molecular formula is C28H34N2O4. The van der Waals surface area contributed by atoms with Gasteiger partial charge in [0.25, 0.3) is 5.91 Å². The summed E-state index contributed by atoms with van der Waals surface area (Å²) in [5.74, 6) is 0.985. The molecule has 34 heavy (non-hydrogen) atoms. The number of rotatable bonds is 8. The fourth-order valence-electron chi connectivity index (χ4n) is 6.30. The molecule has 180 valence electrons. The number of nitrogens with one attached hydrogen (secondary N) is 1. The monoisotopic (exact) mass is 462 g/mol. The molecule has 1 aliphatic heterocycles. The summed E-state index contributed by atoms with van der Waals surface area (Å²) >= 11 is 0. The van der Waals surface area contributed by atoms with Gasteiger partial charge in [-0.15, -0.1) is 0 Å². The number of aromatic carboxylic acids is 1. The third kappa shape index (κ3) is 4.20. The third-order valence-electron chi connectivity index (χ3n) is 8.46. The zero-order valence-corrected chi connectivity index (χ0v) is 20.0. The Morgan fingerprint density at radius 1 is 1.18 bits per heavy atom. The molecule has 6 heteroatoms. The van der Waals surface area contributed by atoms with Crippen LogP contribution < -0.4 is 10.1 Å². The number of carboxylic acids is 1. The summed E-state index contributed by atoms with van der Waals surface area (Å²) < 4.78 is 5.58. The lowest BCUT2D eigenvalue weighted by atomic mass is 9.56. The highest BCUT2D eigenvalue weighted by molar-refractivity contribution is 5.97. The van der Waals surface area contributed by atoms with Gasteiger partial charge in [0.1, 0.15) is 5.75 Å². The standard InChI is InChI=1S/C28H34N2O4/c1-18-25-15-20-8-9-23(34-2)16-24(20)28(18,11-13-30(25)17-19-6-7-19)10-12-29-26(31)21-4-3-5-22(14-21)27(32)33/h3-5,8-9,14,16,18-19,25H,6-7,10-13,15,17H2,1-2H3,(H,29,31)(H,32,33). The number of methoxy groups -OCH3 is 1. The van der Waals surface area contributed by atoms with Crippen LogP contribution in [0.3, 0.4) is 0 Å². The van der Waals surface area contributed by atoms with Gasteiger partial charge in [-0.3, -0.25) is 9.69 Å². The van der Waals surface area contributed by atoms with Crippen LogP contribution in [-0.4, -0.2) is 54.7 Å². The van der Waals surface area contributed by atoms with Crippen molar-refractivity contribution in [2.24, 2.45) is 11.8 Å². The molecule has 2 aromatic rings. The van der Waals surface area contributed by atoms with E-state index in [1.165, 1.54) is 42.6 Å². The van der Waals surface area contributed by atoms with Gasteiger partial charge in [0.15, 0.2) is 0 Å². The SMILES string of the molecule is COc1ccc2c(c1)C1(CCNC(=O)c3cccc(C(=O)O)c3)CCN(CC3CC3)C(C2)C1C. The Balaban J connectivity index is 1.37. The van der Waals surface area contributed by atoms with Crippen molar-refractivity contribution < 1.29 is 19.4 Å². The number of hydrogen-bond acceptors (Lipinski definition) is 4. The van der Waals surface area contributed by atoms with Gasteiger partial charge in [-0.2, -0.15) is 0 Å². The van der Waals surface area contributed by atoms with Crippen molar-refractivity contribution in [1.82, 2.24) is 10.2 Å². The maximum Gasteiger partial charge on any atom is 0.335 e. The van der Waals surface area contributed by atoms with E-state index in [4.69, 9.17) is 4.74 Å². The molecule has 0 spiro atoms. The Labute approximate surface area is 201 Å². The minimum Gasteiger partial charge on any atom is -0.497 e. The number of ether oxygens (including phenoxy) is 1. The van der Waals surface area contributed by atoms with E-state index in [2.05, 4.69) is 35.3 Å². The highest BCUT2D eigenvalue weighted by atomic mass is 16.5. The molecule has 2 aromatic carbocycles. The Kier molecular flexibility index (Phi) is 6.11. The molecule has 2 aliphatic carbocycles. The minimum atomic E-state index is -1.03. The van der Waals surface area contributed by atoms with Gasteiger partial charge in [0.05, 0.1) is 12.7 Å². The van der Waals surface area contributed by atoms with E-state index < -0.39 is 5.97 Å². The summed E-state index contributed by atoms with van der Waals surface area (Å²) in [5.41, 5.74) is 3.28. The van der Waals surface area contributed by atoms with Gasteiger partial charge in [0.2, 0.25) is 0 Å². The number of fused-ring (bicyclic) bond motifs is 4. The van der Waals surface area contributed by atoms with Crippen LogP contribution in [0.1, 0.15) is 64.4 Å². The molecule has 3 atom stereocenters. The average molecular weight is 463 g/mol. The Hall–Kier alpha value is -2.86. The van der Waals surface area contributed by atoms with Crippen molar-refractivity contribution in [3.63, 3.8) is 0 Å². The number of piperidine rings is 1. The van der Waals surface area contributed by atoms with E-state index in [1.54, 1.807) is 19.2 Å². The van der Waals surface area contributed by atoms with Crippen LogP contribution in [-0.2, 0) is 11.8 Å². The number of carboxylic acid groups (broad SMARTS) is 1. The lowest BCUT2D eigenvalue weighted by molar-refractivity contribution is 0.0159. The second kappa shape index (κ2) is 9.06. The van der Waals surface area contributed by atoms with Crippen LogP contribution >= 0.6 is 0 Å². The first-order valence-electron chi connectivity index (χ1n) is 12.4. The first kappa shape index (κ1) is 22.9. The molecule has 6 nitrogen and oxygen atoms in total. The Morgan fingerprint density at radius 3 is 2.71 bits per heavy atom. The van der Waals surface area contributed by atoms with E-state index in [-0.39, 0.29) is 16.9 Å². The Bertz CT molecular complexity index is 1100. The number of hydrogen-bond donors (Lipinski definition) is 2. The van der Waals surface area contributed by atoms with Gasteiger partial charge < -0.3 is 15.2 Å². The minimum absolute atomic E-state index is 0.0109. The number of carbonyl (C=O) groups is 2. The molecule has 1 heterocycles. The second-order valence-corrected chi connectivity index (χ2v) is 10.3. The van der Waals surface area contributed by atoms with E-state index in [0.29, 0.717) is 24.1 Å². The van der Waals surface area contributed by atoms with Crippen LogP contribution in [0.5, 0.6) is 5.75 Å². The normalized spacial score (nSPS) is 25.9. The summed E-state index contributed by atoms with van der Waals surface area (Å²) in [7, 11) is 1.72. The molecule has 2 fully saturated rings. The summed E-state index contributed by atoms with van der Waals surface area (Å²) in [6.45, 7) is 5.25. The fourth-order valence-corrected chi connectivity index (χ4v) is 6.30. The van der Waals surface area contributed by atoms with Gasteiger partial charge in [-0.25, -0.2) is 4.79 Å². The van der Waals surface area contributed by atoms with Crippen LogP contribution in [0.2, 0.25) is 0 Å². The summed E-state index contributed by atoms with van der Waals surface area (Å²) in [6, 6.07) is 13.3. The largest absolute Gasteiger partial charge is 0.497 e. The molecule has 1 saturated carbocycles. The predicted octanol–water partition coefficient (Wildman–Crippen LogP) is 4.13. The zero-order valence-electron chi connectivity index (χ0n) is 20.0. The van der Waals surface area contributed by atoms with Crippen LogP contribution in [0.25, 0.3) is 0 Å². The van der Waals surface area contributed by atoms with Gasteiger partial charge in [-0.05, 0) is 91.9 Å². The zero-order chi connectivity index (χ0) is 23.9. The molecule has 3 aliphatic rings. The number of carbonyl (C=O) groups excluding carboxylic acids is 1. The lowest BCUT2D eigenvalue weighted by Crippen LogP contribution is -2.60. The first-order chi connectivity index (χ1) is 16.4. The smallest absolute Gasteiger partial charge is 0.335 e. The average Bonchev–Trinajstić information content (AvgIpc) is 3.66.